The molecule has 1 aliphatic rings. The van der Waals surface area contributed by atoms with Crippen molar-refractivity contribution in [3.63, 3.8) is 0 Å². The normalized spacial score (nSPS) is 19.6. The maximum absolute atomic E-state index is 14.0. The van der Waals surface area contributed by atoms with Gasteiger partial charge in [-0.05, 0) is 18.6 Å². The summed E-state index contributed by atoms with van der Waals surface area (Å²) in [5.41, 5.74) is 0.749. The Morgan fingerprint density at radius 2 is 2.08 bits per heavy atom. The van der Waals surface area contributed by atoms with Gasteiger partial charge in [-0.15, -0.1) is 0 Å². The molecule has 1 saturated heterocycles. The van der Waals surface area contributed by atoms with Crippen LogP contribution in [0.2, 0.25) is 0 Å². The van der Waals surface area contributed by atoms with Crippen molar-refractivity contribution >= 4 is 26.7 Å². The fraction of sp³-hybridized carbons (Fsp3) is 0.267. The van der Waals surface area contributed by atoms with Crippen molar-refractivity contribution < 1.29 is 12.8 Å². The largest absolute Gasteiger partial charge is 0.366 e. The third-order valence-electron chi connectivity index (χ3n) is 4.02. The van der Waals surface area contributed by atoms with Crippen molar-refractivity contribution in [3.8, 4) is 5.69 Å². The number of hydrogen-bond donors (Lipinski definition) is 1. The maximum atomic E-state index is 14.0. The molecule has 3 aromatic rings. The Morgan fingerprint density at radius 3 is 2.83 bits per heavy atom. The van der Waals surface area contributed by atoms with E-state index in [1.807, 2.05) is 0 Å². The Kier molecular flexibility index (Phi) is 3.45. The molecular weight excluding hydrogens is 333 g/mol. The minimum absolute atomic E-state index is 0.0833. The topological polar surface area (TPSA) is 89.8 Å². The van der Waals surface area contributed by atoms with E-state index in [9.17, 15) is 12.8 Å². The lowest BCUT2D eigenvalue weighted by Crippen LogP contribution is -2.21. The van der Waals surface area contributed by atoms with E-state index < -0.39 is 15.7 Å². The van der Waals surface area contributed by atoms with Crippen LogP contribution in [0.3, 0.4) is 0 Å². The molecule has 0 spiro atoms. The lowest BCUT2D eigenvalue weighted by atomic mass is 10.2. The van der Waals surface area contributed by atoms with Crippen LogP contribution < -0.4 is 5.32 Å². The number of halogens is 1. The highest BCUT2D eigenvalue weighted by Crippen LogP contribution is 2.25. The van der Waals surface area contributed by atoms with Gasteiger partial charge in [0.2, 0.25) is 0 Å². The second-order valence-corrected chi connectivity index (χ2v) is 7.94. The molecule has 0 aliphatic carbocycles. The third kappa shape index (κ3) is 2.60. The minimum atomic E-state index is -2.99. The zero-order valence-corrected chi connectivity index (χ0v) is 13.4. The first-order valence-electron chi connectivity index (χ1n) is 7.44. The molecule has 1 aromatic carbocycles. The van der Waals surface area contributed by atoms with Crippen LogP contribution in [0.5, 0.6) is 0 Å². The molecule has 1 N–H and O–H groups in total. The monoisotopic (exact) mass is 347 g/mol. The van der Waals surface area contributed by atoms with Crippen LogP contribution in [0, 0.1) is 5.82 Å². The zero-order valence-electron chi connectivity index (χ0n) is 12.6. The van der Waals surface area contributed by atoms with E-state index in [1.165, 1.54) is 17.1 Å². The summed E-state index contributed by atoms with van der Waals surface area (Å²) in [6.45, 7) is 0. The van der Waals surface area contributed by atoms with Crippen LogP contribution in [0.15, 0.2) is 36.8 Å². The van der Waals surface area contributed by atoms with Gasteiger partial charge in [0.25, 0.3) is 0 Å². The Hall–Kier alpha value is -2.55. The SMILES string of the molecule is O=S1(=O)CCC(Nc2ncnc3c2cnn3-c2ccccc2F)C1. The van der Waals surface area contributed by atoms with Crippen molar-refractivity contribution in [2.45, 2.75) is 12.5 Å². The molecule has 9 heteroatoms. The third-order valence-corrected chi connectivity index (χ3v) is 5.79. The van der Waals surface area contributed by atoms with Crippen molar-refractivity contribution in [3.05, 3.63) is 42.6 Å². The van der Waals surface area contributed by atoms with E-state index in [0.717, 1.165) is 0 Å². The summed E-state index contributed by atoms with van der Waals surface area (Å²) < 4.78 is 38.6. The van der Waals surface area contributed by atoms with Crippen molar-refractivity contribution in [2.24, 2.45) is 0 Å². The molecule has 0 bridgehead atoms. The van der Waals surface area contributed by atoms with Gasteiger partial charge >= 0.3 is 0 Å². The van der Waals surface area contributed by atoms with Gasteiger partial charge in [0.15, 0.2) is 15.5 Å². The molecule has 7 nitrogen and oxygen atoms in total. The molecule has 124 valence electrons. The molecule has 3 heterocycles. The number of anilines is 1. The van der Waals surface area contributed by atoms with Gasteiger partial charge in [-0.2, -0.15) is 5.10 Å². The smallest absolute Gasteiger partial charge is 0.168 e. The van der Waals surface area contributed by atoms with Crippen molar-refractivity contribution in [1.29, 1.82) is 0 Å². The van der Waals surface area contributed by atoms with Gasteiger partial charge in [0, 0.05) is 6.04 Å². The standard InChI is InChI=1S/C15H14FN5O2S/c16-12-3-1-2-4-13(12)21-15-11(7-19-21)14(17-9-18-15)20-10-5-6-24(22,23)8-10/h1-4,7,9-10H,5-6,8H2,(H,17,18,20). The van der Waals surface area contributed by atoms with E-state index in [4.69, 9.17) is 0 Å². The summed E-state index contributed by atoms with van der Waals surface area (Å²) in [6.07, 6.45) is 3.44. The van der Waals surface area contributed by atoms with Crippen LogP contribution in [-0.2, 0) is 9.84 Å². The Bertz CT molecular complexity index is 1020. The fourth-order valence-corrected chi connectivity index (χ4v) is 4.53. The summed E-state index contributed by atoms with van der Waals surface area (Å²) in [5.74, 6) is 0.357. The summed E-state index contributed by atoms with van der Waals surface area (Å²) in [5, 5.41) is 7.96. The second kappa shape index (κ2) is 5.52. The van der Waals surface area contributed by atoms with E-state index in [2.05, 4.69) is 20.4 Å². The number of benzene rings is 1. The lowest BCUT2D eigenvalue weighted by Gasteiger charge is -2.12. The summed E-state index contributed by atoms with van der Waals surface area (Å²) in [7, 11) is -2.99. The molecule has 2 aromatic heterocycles. The number of nitrogens with one attached hydrogen (secondary N) is 1. The number of rotatable bonds is 3. The molecule has 0 radical (unpaired) electrons. The number of sulfone groups is 1. The van der Waals surface area contributed by atoms with Crippen LogP contribution in [0.25, 0.3) is 16.7 Å². The van der Waals surface area contributed by atoms with Gasteiger partial charge in [0.05, 0.1) is 23.1 Å². The Balaban J connectivity index is 1.73. The van der Waals surface area contributed by atoms with Gasteiger partial charge in [-0.3, -0.25) is 0 Å². The fourth-order valence-electron chi connectivity index (χ4n) is 2.86. The molecule has 0 saturated carbocycles. The second-order valence-electron chi connectivity index (χ2n) is 5.71. The van der Waals surface area contributed by atoms with Crippen LogP contribution >= 0.6 is 0 Å². The van der Waals surface area contributed by atoms with Crippen LogP contribution in [0.4, 0.5) is 10.2 Å². The average Bonchev–Trinajstić information content (AvgIpc) is 3.12. The summed E-state index contributed by atoms with van der Waals surface area (Å²) in [4.78, 5) is 8.37. The van der Waals surface area contributed by atoms with Gasteiger partial charge in [0.1, 0.15) is 23.6 Å². The highest BCUT2D eigenvalue weighted by Gasteiger charge is 2.28. The van der Waals surface area contributed by atoms with E-state index >= 15 is 0 Å². The number of hydrogen-bond acceptors (Lipinski definition) is 6. The first kappa shape index (κ1) is 15.0. The van der Waals surface area contributed by atoms with Crippen molar-refractivity contribution in [1.82, 2.24) is 19.7 Å². The van der Waals surface area contributed by atoms with Gasteiger partial charge < -0.3 is 5.32 Å². The van der Waals surface area contributed by atoms with E-state index in [1.54, 1.807) is 24.4 Å². The van der Waals surface area contributed by atoms with Gasteiger partial charge in [-0.25, -0.2) is 27.5 Å². The Labute approximate surface area is 137 Å². The maximum Gasteiger partial charge on any atom is 0.168 e. The number of nitrogens with zero attached hydrogens (tertiary/aromatic N) is 4. The van der Waals surface area contributed by atoms with Crippen molar-refractivity contribution in [2.75, 3.05) is 16.8 Å². The highest BCUT2D eigenvalue weighted by molar-refractivity contribution is 7.91. The number of para-hydroxylation sites is 1. The number of fused-ring (bicyclic) bond motifs is 1. The molecule has 4 rings (SSSR count). The molecule has 1 fully saturated rings. The molecule has 24 heavy (non-hydrogen) atoms. The zero-order chi connectivity index (χ0) is 16.7. The molecule has 1 atom stereocenters. The molecule has 1 unspecified atom stereocenters. The van der Waals surface area contributed by atoms with E-state index in [0.29, 0.717) is 29.0 Å². The summed E-state index contributed by atoms with van der Waals surface area (Å²) in [6, 6.07) is 6.10. The van der Waals surface area contributed by atoms with Gasteiger partial charge in [-0.1, -0.05) is 12.1 Å². The molecule has 0 amide bonds. The predicted molar refractivity (Wildman–Crippen MR) is 87.3 cm³/mol. The van der Waals surface area contributed by atoms with E-state index in [-0.39, 0.29) is 17.5 Å². The first-order chi connectivity index (χ1) is 11.5. The predicted octanol–water partition coefficient (Wildman–Crippen LogP) is 1.55. The summed E-state index contributed by atoms with van der Waals surface area (Å²) >= 11 is 0. The van der Waals surface area contributed by atoms with Crippen LogP contribution in [-0.4, -0.2) is 45.7 Å². The highest BCUT2D eigenvalue weighted by atomic mass is 32.2. The number of aromatic nitrogens is 4. The molecular formula is C15H14FN5O2S. The quantitative estimate of drug-likeness (QED) is 0.773. The average molecular weight is 347 g/mol. The lowest BCUT2D eigenvalue weighted by molar-refractivity contribution is 0.602. The first-order valence-corrected chi connectivity index (χ1v) is 9.26. The molecule has 1 aliphatic heterocycles. The minimum Gasteiger partial charge on any atom is -0.366 e. The van der Waals surface area contributed by atoms with Crippen LogP contribution in [0.1, 0.15) is 6.42 Å². The Morgan fingerprint density at radius 1 is 1.25 bits per heavy atom.